The predicted octanol–water partition coefficient (Wildman–Crippen LogP) is 3.58. The van der Waals surface area contributed by atoms with E-state index >= 15 is 0 Å². The fraction of sp³-hybridized carbons (Fsp3) is 0.625. The molecule has 3 atom stereocenters. The van der Waals surface area contributed by atoms with E-state index in [-0.39, 0.29) is 6.10 Å². The summed E-state index contributed by atoms with van der Waals surface area (Å²) < 4.78 is 5.43. The molecule has 0 saturated heterocycles. The average Bonchev–Trinajstić information content (AvgIpc) is 2.85. The maximum atomic E-state index is 10.6. The van der Waals surface area contributed by atoms with Crippen LogP contribution in [0.15, 0.2) is 18.2 Å². The Bertz CT molecular complexity index is 427. The van der Waals surface area contributed by atoms with Crippen molar-refractivity contribution in [2.24, 2.45) is 11.8 Å². The summed E-state index contributed by atoms with van der Waals surface area (Å²) in [6, 6.07) is 6.34. The largest absolute Gasteiger partial charge is 0.388 e. The zero-order chi connectivity index (χ0) is 12.5. The first-order chi connectivity index (χ1) is 8.74. The topological polar surface area (TPSA) is 29.5 Å². The molecule has 0 aromatic heterocycles. The molecule has 98 valence electrons. The summed E-state index contributed by atoms with van der Waals surface area (Å²) in [5.74, 6) is 1.20. The molecule has 2 heteroatoms. The fourth-order valence-corrected chi connectivity index (χ4v) is 3.42. The second kappa shape index (κ2) is 5.02. The van der Waals surface area contributed by atoms with Crippen LogP contribution in [0, 0.1) is 11.8 Å². The number of hydrogen-bond acceptors (Lipinski definition) is 2. The van der Waals surface area contributed by atoms with Crippen LogP contribution in [0.1, 0.15) is 55.4 Å². The molecule has 3 rings (SSSR count). The van der Waals surface area contributed by atoms with E-state index in [1.807, 2.05) is 0 Å². The molecule has 1 aromatic carbocycles. The minimum atomic E-state index is -0.293. The quantitative estimate of drug-likeness (QED) is 0.864. The Labute approximate surface area is 109 Å². The second-order valence-electron chi connectivity index (χ2n) is 6.00. The summed E-state index contributed by atoms with van der Waals surface area (Å²) in [6.45, 7) is 3.73. The van der Waals surface area contributed by atoms with Gasteiger partial charge in [-0.05, 0) is 41.4 Å². The highest BCUT2D eigenvalue weighted by molar-refractivity contribution is 5.34. The Morgan fingerprint density at radius 2 is 2.06 bits per heavy atom. The van der Waals surface area contributed by atoms with Gasteiger partial charge in [-0.1, -0.05) is 38.0 Å². The Hall–Kier alpha value is -0.860. The molecule has 1 N–H and O–H groups in total. The van der Waals surface area contributed by atoms with Crippen molar-refractivity contribution in [3.8, 4) is 0 Å². The van der Waals surface area contributed by atoms with Crippen molar-refractivity contribution in [3.05, 3.63) is 34.9 Å². The summed E-state index contributed by atoms with van der Waals surface area (Å²) in [7, 11) is 0. The Morgan fingerprint density at radius 1 is 1.22 bits per heavy atom. The number of fused-ring (bicyclic) bond motifs is 1. The summed E-state index contributed by atoms with van der Waals surface area (Å²) in [5.41, 5.74) is 3.62. The molecule has 1 heterocycles. The minimum Gasteiger partial charge on any atom is -0.388 e. The SMILES string of the molecule is CC1CCCC(C(O)c2ccc3c(c2)COC3)C1. The highest BCUT2D eigenvalue weighted by Gasteiger charge is 2.27. The lowest BCUT2D eigenvalue weighted by Gasteiger charge is -2.30. The van der Waals surface area contributed by atoms with E-state index < -0.39 is 0 Å². The van der Waals surface area contributed by atoms with Gasteiger partial charge >= 0.3 is 0 Å². The van der Waals surface area contributed by atoms with Crippen molar-refractivity contribution in [1.29, 1.82) is 0 Å². The molecule has 1 aliphatic carbocycles. The normalized spacial score (nSPS) is 29.0. The van der Waals surface area contributed by atoms with E-state index in [1.165, 1.54) is 30.4 Å². The summed E-state index contributed by atoms with van der Waals surface area (Å²) in [4.78, 5) is 0. The molecule has 1 aliphatic heterocycles. The van der Waals surface area contributed by atoms with Crippen LogP contribution in [-0.4, -0.2) is 5.11 Å². The van der Waals surface area contributed by atoms with Crippen LogP contribution in [0.4, 0.5) is 0 Å². The van der Waals surface area contributed by atoms with E-state index in [1.54, 1.807) is 0 Å². The van der Waals surface area contributed by atoms with Crippen LogP contribution in [0.5, 0.6) is 0 Å². The van der Waals surface area contributed by atoms with E-state index in [0.29, 0.717) is 12.5 Å². The van der Waals surface area contributed by atoms with Gasteiger partial charge in [0.15, 0.2) is 0 Å². The molecule has 1 aromatic rings. The first-order valence-corrected chi connectivity index (χ1v) is 7.11. The Kier molecular flexibility index (Phi) is 3.40. The van der Waals surface area contributed by atoms with Crippen molar-refractivity contribution < 1.29 is 9.84 Å². The molecule has 2 aliphatic rings. The summed E-state index contributed by atoms with van der Waals surface area (Å²) in [6.07, 6.45) is 4.62. The maximum absolute atomic E-state index is 10.6. The van der Waals surface area contributed by atoms with Crippen molar-refractivity contribution >= 4 is 0 Å². The van der Waals surface area contributed by atoms with Crippen molar-refractivity contribution in [3.63, 3.8) is 0 Å². The minimum absolute atomic E-state index is 0.293. The molecule has 18 heavy (non-hydrogen) atoms. The van der Waals surface area contributed by atoms with Gasteiger partial charge in [-0.2, -0.15) is 0 Å². The smallest absolute Gasteiger partial charge is 0.0818 e. The van der Waals surface area contributed by atoms with Gasteiger partial charge in [0.1, 0.15) is 0 Å². The summed E-state index contributed by atoms with van der Waals surface area (Å²) in [5, 5.41) is 10.6. The van der Waals surface area contributed by atoms with Gasteiger partial charge in [0.25, 0.3) is 0 Å². The van der Waals surface area contributed by atoms with Crippen LogP contribution >= 0.6 is 0 Å². The van der Waals surface area contributed by atoms with Crippen LogP contribution in [0.2, 0.25) is 0 Å². The Balaban J connectivity index is 1.77. The van der Waals surface area contributed by atoms with Crippen LogP contribution in [-0.2, 0) is 18.0 Å². The van der Waals surface area contributed by atoms with Gasteiger partial charge in [-0.25, -0.2) is 0 Å². The van der Waals surface area contributed by atoms with Crippen LogP contribution in [0.3, 0.4) is 0 Å². The number of ether oxygens (including phenoxy) is 1. The molecule has 1 fully saturated rings. The molecule has 1 saturated carbocycles. The van der Waals surface area contributed by atoms with Gasteiger partial charge in [0, 0.05) is 0 Å². The predicted molar refractivity (Wildman–Crippen MR) is 71.0 cm³/mol. The zero-order valence-corrected chi connectivity index (χ0v) is 11.1. The third kappa shape index (κ3) is 2.32. The molecule has 0 bridgehead atoms. The fourth-order valence-electron chi connectivity index (χ4n) is 3.42. The number of benzene rings is 1. The monoisotopic (exact) mass is 246 g/mol. The number of aliphatic hydroxyl groups excluding tert-OH is 1. The first kappa shape index (κ1) is 12.2. The average molecular weight is 246 g/mol. The van der Waals surface area contributed by atoms with Crippen molar-refractivity contribution in [2.45, 2.75) is 51.9 Å². The molecule has 2 nitrogen and oxygen atoms in total. The number of aliphatic hydroxyl groups is 1. The van der Waals surface area contributed by atoms with Crippen LogP contribution in [0.25, 0.3) is 0 Å². The summed E-state index contributed by atoms with van der Waals surface area (Å²) >= 11 is 0. The molecular weight excluding hydrogens is 224 g/mol. The van der Waals surface area contributed by atoms with Gasteiger partial charge in [0.05, 0.1) is 19.3 Å². The first-order valence-electron chi connectivity index (χ1n) is 7.11. The Morgan fingerprint density at radius 3 is 2.89 bits per heavy atom. The highest BCUT2D eigenvalue weighted by Crippen LogP contribution is 2.37. The lowest BCUT2D eigenvalue weighted by molar-refractivity contribution is 0.0713. The lowest BCUT2D eigenvalue weighted by atomic mass is 9.77. The van der Waals surface area contributed by atoms with Crippen molar-refractivity contribution in [2.75, 3.05) is 0 Å². The van der Waals surface area contributed by atoms with E-state index in [4.69, 9.17) is 4.74 Å². The third-order valence-electron chi connectivity index (χ3n) is 4.51. The zero-order valence-electron chi connectivity index (χ0n) is 11.1. The van der Waals surface area contributed by atoms with Crippen LogP contribution < -0.4 is 0 Å². The van der Waals surface area contributed by atoms with E-state index in [9.17, 15) is 5.11 Å². The number of hydrogen-bond donors (Lipinski definition) is 1. The molecule has 0 spiro atoms. The molecular formula is C16H22O2. The third-order valence-corrected chi connectivity index (χ3v) is 4.51. The molecule has 0 amide bonds. The second-order valence-corrected chi connectivity index (χ2v) is 6.00. The molecule has 3 unspecified atom stereocenters. The highest BCUT2D eigenvalue weighted by atomic mass is 16.5. The van der Waals surface area contributed by atoms with E-state index in [0.717, 1.165) is 24.5 Å². The molecule has 0 radical (unpaired) electrons. The standard InChI is InChI=1S/C16H22O2/c1-11-3-2-4-12(7-11)16(17)13-5-6-14-9-18-10-15(14)8-13/h5-6,8,11-12,16-17H,2-4,7,9-10H2,1H3. The van der Waals surface area contributed by atoms with Gasteiger partial charge in [0.2, 0.25) is 0 Å². The lowest BCUT2D eigenvalue weighted by Crippen LogP contribution is -2.20. The van der Waals surface area contributed by atoms with E-state index in [2.05, 4.69) is 25.1 Å². The van der Waals surface area contributed by atoms with Gasteiger partial charge in [-0.15, -0.1) is 0 Å². The maximum Gasteiger partial charge on any atom is 0.0818 e. The van der Waals surface area contributed by atoms with Crippen molar-refractivity contribution in [1.82, 2.24) is 0 Å². The number of rotatable bonds is 2. The van der Waals surface area contributed by atoms with Gasteiger partial charge < -0.3 is 9.84 Å². The van der Waals surface area contributed by atoms with Gasteiger partial charge in [-0.3, -0.25) is 0 Å².